The summed E-state index contributed by atoms with van der Waals surface area (Å²) in [6.07, 6.45) is 1.73. The van der Waals surface area contributed by atoms with Crippen molar-refractivity contribution in [2.24, 2.45) is 0 Å². The van der Waals surface area contributed by atoms with Crippen LogP contribution in [-0.2, 0) is 14.9 Å². The average Bonchev–Trinajstić information content (AvgIpc) is 2.43. The highest BCUT2D eigenvalue weighted by molar-refractivity contribution is 6.30. The van der Waals surface area contributed by atoms with E-state index in [-0.39, 0.29) is 11.6 Å². The Hall–Kier alpha value is -1.13. The average molecular weight is 301 g/mol. The van der Waals surface area contributed by atoms with Crippen LogP contribution >= 0.6 is 11.6 Å². The smallest absolute Gasteiger partial charge is 0.319 e. The summed E-state index contributed by atoms with van der Waals surface area (Å²) in [5.41, 5.74) is -0.746. The summed E-state index contributed by atoms with van der Waals surface area (Å²) in [7, 11) is 0. The zero-order valence-corrected chi connectivity index (χ0v) is 12.1. The summed E-state index contributed by atoms with van der Waals surface area (Å²) in [5, 5.41) is 10.4. The van der Waals surface area contributed by atoms with Gasteiger partial charge in [0.15, 0.2) is 0 Å². The van der Waals surface area contributed by atoms with Crippen molar-refractivity contribution in [3.63, 3.8) is 0 Å². The van der Waals surface area contributed by atoms with Crippen molar-refractivity contribution in [1.82, 2.24) is 0 Å². The molecule has 110 valence electrons. The van der Waals surface area contributed by atoms with Crippen molar-refractivity contribution in [2.75, 3.05) is 6.61 Å². The fraction of sp³-hybridized carbons (Fsp3) is 0.533. The molecule has 1 aromatic carbocycles. The monoisotopic (exact) mass is 300 g/mol. The van der Waals surface area contributed by atoms with Crippen LogP contribution in [0.2, 0.25) is 5.02 Å². The highest BCUT2D eigenvalue weighted by Gasteiger charge is 2.49. The van der Waals surface area contributed by atoms with Crippen molar-refractivity contribution < 1.29 is 19.0 Å². The third-order valence-corrected chi connectivity index (χ3v) is 4.25. The van der Waals surface area contributed by atoms with Crippen LogP contribution in [0.3, 0.4) is 0 Å². The molecule has 1 aliphatic rings. The Kier molecular flexibility index (Phi) is 4.66. The maximum Gasteiger partial charge on any atom is 0.319 e. The summed E-state index contributed by atoms with van der Waals surface area (Å²) in [6, 6.07) is 4.24. The van der Waals surface area contributed by atoms with Crippen molar-refractivity contribution in [1.29, 1.82) is 0 Å². The van der Waals surface area contributed by atoms with Crippen LogP contribution in [0.1, 0.15) is 38.2 Å². The molecule has 0 spiro atoms. The van der Waals surface area contributed by atoms with Gasteiger partial charge in [-0.15, -0.1) is 0 Å². The molecule has 1 N–H and O–H groups in total. The lowest BCUT2D eigenvalue weighted by Crippen LogP contribution is -2.49. The number of hydrogen-bond acceptors (Lipinski definition) is 3. The van der Waals surface area contributed by atoms with Gasteiger partial charge >= 0.3 is 5.97 Å². The van der Waals surface area contributed by atoms with Gasteiger partial charge in [0.2, 0.25) is 0 Å². The Labute approximate surface area is 122 Å². The SMILES string of the molecule is CCOC(=O)[C@]1(c2ccc(Cl)c(F)c2)CCCC[C@H]1O. The van der Waals surface area contributed by atoms with Gasteiger partial charge in [-0.3, -0.25) is 4.79 Å². The molecule has 1 fully saturated rings. The number of rotatable bonds is 3. The lowest BCUT2D eigenvalue weighted by molar-refractivity contribution is -0.157. The van der Waals surface area contributed by atoms with Crippen molar-refractivity contribution in [3.8, 4) is 0 Å². The van der Waals surface area contributed by atoms with Crippen LogP contribution in [0.25, 0.3) is 0 Å². The first-order chi connectivity index (χ1) is 9.52. The highest BCUT2D eigenvalue weighted by atomic mass is 35.5. The highest BCUT2D eigenvalue weighted by Crippen LogP contribution is 2.41. The van der Waals surface area contributed by atoms with Crippen molar-refractivity contribution in [2.45, 2.75) is 44.1 Å². The van der Waals surface area contributed by atoms with Gasteiger partial charge in [0.1, 0.15) is 11.2 Å². The van der Waals surface area contributed by atoms with Crippen LogP contribution in [0.5, 0.6) is 0 Å². The standard InChI is InChI=1S/C15H18ClFO3/c1-2-20-14(19)15(8-4-3-5-13(15)18)10-6-7-11(16)12(17)9-10/h6-7,9,13,18H,2-5,8H2,1H3/t13-,15+/m1/s1. The number of carbonyl (C=O) groups is 1. The lowest BCUT2D eigenvalue weighted by Gasteiger charge is -2.39. The molecule has 0 heterocycles. The minimum absolute atomic E-state index is 0.00180. The first-order valence-electron chi connectivity index (χ1n) is 6.83. The van der Waals surface area contributed by atoms with Crippen LogP contribution in [-0.4, -0.2) is 23.8 Å². The molecule has 5 heteroatoms. The summed E-state index contributed by atoms with van der Waals surface area (Å²) in [6.45, 7) is 1.94. The van der Waals surface area contributed by atoms with E-state index in [1.807, 2.05) is 0 Å². The molecular weight excluding hydrogens is 283 g/mol. The summed E-state index contributed by atoms with van der Waals surface area (Å²) in [4.78, 5) is 12.4. The molecule has 3 nitrogen and oxygen atoms in total. The van der Waals surface area contributed by atoms with E-state index in [2.05, 4.69) is 0 Å². The van der Waals surface area contributed by atoms with Gasteiger partial charge in [0.25, 0.3) is 0 Å². The van der Waals surface area contributed by atoms with Crippen LogP contribution < -0.4 is 0 Å². The molecule has 0 bridgehead atoms. The zero-order chi connectivity index (χ0) is 14.8. The van der Waals surface area contributed by atoms with Gasteiger partial charge in [-0.25, -0.2) is 4.39 Å². The number of ether oxygens (including phenoxy) is 1. The molecule has 0 amide bonds. The van der Waals surface area contributed by atoms with Gasteiger partial charge in [-0.2, -0.15) is 0 Å². The van der Waals surface area contributed by atoms with Crippen molar-refractivity contribution >= 4 is 17.6 Å². The maximum absolute atomic E-state index is 13.7. The Balaban J connectivity index is 2.50. The minimum atomic E-state index is -1.18. The van der Waals surface area contributed by atoms with Gasteiger partial charge < -0.3 is 9.84 Å². The van der Waals surface area contributed by atoms with Gasteiger partial charge in [-0.1, -0.05) is 30.5 Å². The van der Waals surface area contributed by atoms with E-state index in [1.54, 1.807) is 13.0 Å². The normalized spacial score (nSPS) is 26.3. The van der Waals surface area contributed by atoms with E-state index in [9.17, 15) is 14.3 Å². The molecule has 0 aliphatic heterocycles. The molecule has 0 radical (unpaired) electrons. The number of benzene rings is 1. The molecule has 0 aromatic heterocycles. The Morgan fingerprint density at radius 3 is 2.90 bits per heavy atom. The Morgan fingerprint density at radius 1 is 1.55 bits per heavy atom. The van der Waals surface area contributed by atoms with E-state index in [1.165, 1.54) is 12.1 Å². The third kappa shape index (κ3) is 2.54. The number of aliphatic hydroxyl groups is 1. The van der Waals surface area contributed by atoms with Crippen LogP contribution in [0, 0.1) is 5.82 Å². The van der Waals surface area contributed by atoms with Gasteiger partial charge in [0, 0.05) is 0 Å². The van der Waals surface area contributed by atoms with Crippen LogP contribution in [0.15, 0.2) is 18.2 Å². The van der Waals surface area contributed by atoms with E-state index >= 15 is 0 Å². The fourth-order valence-electron chi connectivity index (χ4n) is 2.88. The first-order valence-corrected chi connectivity index (χ1v) is 7.21. The Bertz CT molecular complexity index is 506. The topological polar surface area (TPSA) is 46.5 Å². The second-order valence-corrected chi connectivity index (χ2v) is 5.49. The molecule has 1 saturated carbocycles. The predicted molar refractivity (Wildman–Crippen MR) is 74.2 cm³/mol. The molecule has 0 saturated heterocycles. The zero-order valence-electron chi connectivity index (χ0n) is 11.4. The summed E-state index contributed by atoms with van der Waals surface area (Å²) in [5.74, 6) is -1.08. The largest absolute Gasteiger partial charge is 0.465 e. The fourth-order valence-corrected chi connectivity index (χ4v) is 3.00. The lowest BCUT2D eigenvalue weighted by atomic mass is 9.67. The minimum Gasteiger partial charge on any atom is -0.465 e. The van der Waals surface area contributed by atoms with E-state index in [0.29, 0.717) is 18.4 Å². The van der Waals surface area contributed by atoms with E-state index in [0.717, 1.165) is 12.8 Å². The molecule has 20 heavy (non-hydrogen) atoms. The molecule has 2 atom stereocenters. The van der Waals surface area contributed by atoms with Gasteiger partial charge in [-0.05, 0) is 37.5 Å². The quantitative estimate of drug-likeness (QED) is 0.872. The molecule has 1 aliphatic carbocycles. The number of hydrogen-bond donors (Lipinski definition) is 1. The van der Waals surface area contributed by atoms with Crippen LogP contribution in [0.4, 0.5) is 4.39 Å². The molecule has 2 rings (SSSR count). The van der Waals surface area contributed by atoms with Gasteiger partial charge in [0.05, 0.1) is 17.7 Å². The molecular formula is C15H18ClFO3. The second-order valence-electron chi connectivity index (χ2n) is 5.08. The number of carbonyl (C=O) groups excluding carboxylic acids is 1. The van der Waals surface area contributed by atoms with Crippen molar-refractivity contribution in [3.05, 3.63) is 34.6 Å². The second kappa shape index (κ2) is 6.10. The third-order valence-electron chi connectivity index (χ3n) is 3.94. The number of halogens is 2. The van der Waals surface area contributed by atoms with E-state index < -0.39 is 23.3 Å². The number of esters is 1. The summed E-state index contributed by atoms with van der Waals surface area (Å²) >= 11 is 5.69. The Morgan fingerprint density at radius 2 is 2.30 bits per heavy atom. The molecule has 1 aromatic rings. The summed E-state index contributed by atoms with van der Waals surface area (Å²) < 4.78 is 18.8. The van der Waals surface area contributed by atoms with E-state index in [4.69, 9.17) is 16.3 Å². The predicted octanol–water partition coefficient (Wildman–Crippen LogP) is 3.21. The first kappa shape index (κ1) is 15.3. The number of aliphatic hydroxyl groups excluding tert-OH is 1. The maximum atomic E-state index is 13.7. The molecule has 0 unspecified atom stereocenters.